The van der Waals surface area contributed by atoms with E-state index in [0.717, 1.165) is 27.7 Å². The van der Waals surface area contributed by atoms with Crippen LogP contribution in [-0.2, 0) is 95.1 Å². The minimum absolute atomic E-state index is 0.0674. The predicted molar refractivity (Wildman–Crippen MR) is 301 cm³/mol. The van der Waals surface area contributed by atoms with Crippen LogP contribution >= 0.6 is 0 Å². The molecule has 4 saturated heterocycles. The number of ether oxygens (including phenoxy) is 14. The number of hydrogen-bond donors (Lipinski definition) is 2. The Morgan fingerprint density at radius 3 is 1.15 bits per heavy atom. The van der Waals surface area contributed by atoms with Crippen LogP contribution in [-0.4, -0.2) is 173 Å². The van der Waals surface area contributed by atoms with Gasteiger partial charge in [0.1, 0.15) is 36.6 Å². The molecule has 8 fully saturated rings. The van der Waals surface area contributed by atoms with E-state index in [4.69, 9.17) is 66.3 Å². The van der Waals surface area contributed by atoms with E-state index in [1.807, 2.05) is 0 Å². The SMILES string of the molecule is CC(=O)OC1=C2C(C)[C@@H](O)[C@@H]3OC(=O)O[C@]3([C@@H](OC(=O)c3ccccc3)[C@@H]3[C@]4(OC(C)=O)CO[C@@H]4C[C@H](OC(=O)O[C@H]4C[C@H]5OC[C@@]5(OC(C)=O)[C@H]5[C@H](OC(=O)c6ccccc6)[C@]67OC(=O)O[C@H]6[C@H](O)C(C)C(=C(OC(C)=O)C(=O)[C@]45C)C7(C)C)[C@@]3(C)C1=O)C2(C)C. The summed E-state index contributed by atoms with van der Waals surface area (Å²) in [6.07, 6.45) is -23.6. The Hall–Kier alpha value is -8.27. The summed E-state index contributed by atoms with van der Waals surface area (Å²) in [7, 11) is 0. The van der Waals surface area contributed by atoms with E-state index in [0.29, 0.717) is 0 Å². The minimum atomic E-state index is -2.54. The van der Waals surface area contributed by atoms with Crippen molar-refractivity contribution in [2.45, 2.75) is 179 Å². The molecule has 4 heterocycles. The van der Waals surface area contributed by atoms with E-state index in [2.05, 4.69) is 0 Å². The molecule has 4 saturated carbocycles. The third kappa shape index (κ3) is 8.54. The second-order valence-corrected chi connectivity index (χ2v) is 27.0. The highest BCUT2D eigenvalue weighted by Crippen LogP contribution is 2.70. The first kappa shape index (κ1) is 63.9. The zero-order valence-corrected chi connectivity index (χ0v) is 52.3. The van der Waals surface area contributed by atoms with Gasteiger partial charge in [-0.3, -0.25) is 28.8 Å². The Bertz CT molecular complexity index is 3400. The van der Waals surface area contributed by atoms with Crippen molar-refractivity contribution in [3.63, 3.8) is 0 Å². The largest absolute Gasteiger partial charge is 0.509 e. The maximum Gasteiger partial charge on any atom is 0.509 e. The molecule has 27 nitrogen and oxygen atoms in total. The van der Waals surface area contributed by atoms with Gasteiger partial charge in [0.25, 0.3) is 0 Å². The number of hydrogen-bond acceptors (Lipinski definition) is 27. The lowest BCUT2D eigenvalue weighted by molar-refractivity contribution is -0.349. The summed E-state index contributed by atoms with van der Waals surface area (Å²) >= 11 is 0. The van der Waals surface area contributed by atoms with E-state index in [1.54, 1.807) is 12.1 Å². The number of esters is 6. The zero-order chi connectivity index (χ0) is 66.7. The van der Waals surface area contributed by atoms with Crippen LogP contribution in [0.5, 0.6) is 0 Å². The monoisotopic (exact) mass is 1280 g/mol. The average molecular weight is 1280 g/mol. The highest BCUT2D eigenvalue weighted by atomic mass is 16.8. The fraction of sp³-hybridized carbons (Fsp3) is 0.585. The molecule has 4 bridgehead atoms. The van der Waals surface area contributed by atoms with Gasteiger partial charge in [0.15, 0.2) is 47.1 Å². The van der Waals surface area contributed by atoms with Crippen LogP contribution < -0.4 is 0 Å². The molecule has 0 radical (unpaired) electrons. The van der Waals surface area contributed by atoms with Gasteiger partial charge in [-0.2, -0.15) is 0 Å². The molecule has 2 N–H and O–H groups in total. The number of rotatable bonds is 10. The Morgan fingerprint density at radius 1 is 0.500 bits per heavy atom. The Labute approximate surface area is 525 Å². The van der Waals surface area contributed by atoms with Crippen molar-refractivity contribution in [2.75, 3.05) is 13.2 Å². The van der Waals surface area contributed by atoms with Gasteiger partial charge in [0.2, 0.25) is 22.8 Å². The van der Waals surface area contributed by atoms with E-state index in [-0.39, 0.29) is 22.3 Å². The predicted octanol–water partition coefficient (Wildman–Crippen LogP) is 5.20. The fourth-order valence-corrected chi connectivity index (χ4v) is 17.8. The van der Waals surface area contributed by atoms with Crippen molar-refractivity contribution in [3.05, 3.63) is 94.5 Å². The van der Waals surface area contributed by atoms with Crippen molar-refractivity contribution in [2.24, 2.45) is 45.3 Å². The molecule has 0 aromatic heterocycles. The molecule has 92 heavy (non-hydrogen) atoms. The number of fused-ring (bicyclic) bond motifs is 8. The summed E-state index contributed by atoms with van der Waals surface area (Å²) in [4.78, 5) is 161. The third-order valence-corrected chi connectivity index (χ3v) is 21.8. The standard InChI is InChI=1S/C65H70O27/c1-27-39-43(81-29(3)66)47(72)60(11)35(23-37-62(25-79-37,89-31(5)68)45(60)51(85-53(74)33-19-15-13-16-20-33)64(58(39,7)8)49(41(27)70)87-56(77)91-64)83-55(76)84-36-24-38-63(26-80-38,90-32(6)69)46-52(86-54(75)34-21-17-14-18-22-34)65-50(88-57(78)92-65)42(71)28(2)40(59(65,9)10)44(82-30(4)67)48(73)61(36,46)12/h13-22,27-28,35-38,41-42,45-46,49-52,70-71H,23-26H2,1-12H3/t27?,28?,35-,36-,37+,38+,41+,42+,45-,46-,49-,50-,51-,52-,60+,61+,62-,63-,64+,65+/m0/s1. The minimum Gasteiger partial charge on any atom is -0.454 e. The molecular weight excluding hydrogens is 1210 g/mol. The van der Waals surface area contributed by atoms with Crippen LogP contribution in [0.15, 0.2) is 83.3 Å². The van der Waals surface area contributed by atoms with Crippen molar-refractivity contribution in [1.82, 2.24) is 0 Å². The zero-order valence-electron chi connectivity index (χ0n) is 52.3. The lowest BCUT2D eigenvalue weighted by atomic mass is 9.44. The average Bonchev–Trinajstić information content (AvgIpc) is 1.07. The lowest BCUT2D eigenvalue weighted by Crippen LogP contribution is -2.83. The van der Waals surface area contributed by atoms with Gasteiger partial charge in [0.05, 0.1) is 47.0 Å². The van der Waals surface area contributed by atoms with Crippen LogP contribution in [0.3, 0.4) is 0 Å². The molecule has 4 aliphatic heterocycles. The first-order valence-electron chi connectivity index (χ1n) is 30.3. The number of benzene rings is 2. The van der Waals surface area contributed by atoms with Crippen molar-refractivity contribution in [1.29, 1.82) is 0 Å². The topological polar surface area (TPSA) is 357 Å². The number of ketones is 2. The molecule has 492 valence electrons. The molecule has 12 rings (SSSR count). The Morgan fingerprint density at radius 2 is 0.848 bits per heavy atom. The molecule has 2 aromatic carbocycles. The van der Waals surface area contributed by atoms with Crippen molar-refractivity contribution < 1.29 is 129 Å². The second-order valence-electron chi connectivity index (χ2n) is 27.0. The van der Waals surface area contributed by atoms with Gasteiger partial charge in [-0.15, -0.1) is 0 Å². The van der Waals surface area contributed by atoms with Gasteiger partial charge in [-0.05, 0) is 49.3 Å². The number of aliphatic hydroxyl groups excluding tert-OH is 2. The number of aliphatic hydroxyl groups is 2. The van der Waals surface area contributed by atoms with Crippen molar-refractivity contribution >= 4 is 65.8 Å². The smallest absolute Gasteiger partial charge is 0.454 e. The first-order chi connectivity index (χ1) is 43.1. The second kappa shape index (κ2) is 21.4. The summed E-state index contributed by atoms with van der Waals surface area (Å²) in [6.45, 7) is 14.5. The summed E-state index contributed by atoms with van der Waals surface area (Å²) in [6, 6.07) is 15.0. The highest BCUT2D eigenvalue weighted by Gasteiger charge is 2.86. The molecule has 10 aliphatic rings. The Balaban J connectivity index is 1.06. The van der Waals surface area contributed by atoms with E-state index in [1.165, 1.54) is 104 Å². The number of Topliss-reactive ketones (excluding diaryl/α,β-unsaturated/α-hetero) is 2. The number of allylic oxidation sites excluding steroid dienone is 2. The summed E-state index contributed by atoms with van der Waals surface area (Å²) < 4.78 is 87.5. The van der Waals surface area contributed by atoms with Gasteiger partial charge in [-0.25, -0.2) is 24.0 Å². The van der Waals surface area contributed by atoms with Crippen molar-refractivity contribution in [3.8, 4) is 0 Å². The molecule has 20 atom stereocenters. The third-order valence-electron chi connectivity index (χ3n) is 21.8. The van der Waals surface area contributed by atoms with Gasteiger partial charge < -0.3 is 76.5 Å². The number of carbonyl (C=O) groups excluding carboxylic acids is 11. The van der Waals surface area contributed by atoms with Gasteiger partial charge in [0, 0.05) is 63.2 Å². The quantitative estimate of drug-likeness (QED) is 0.228. The van der Waals surface area contributed by atoms with Crippen LogP contribution in [0.1, 0.15) is 117 Å². The maximum atomic E-state index is 16.6. The van der Waals surface area contributed by atoms with Crippen LogP contribution in [0.25, 0.3) is 0 Å². The first-order valence-corrected chi connectivity index (χ1v) is 30.3. The van der Waals surface area contributed by atoms with Gasteiger partial charge >= 0.3 is 54.3 Å². The number of carbonyl (C=O) groups is 11. The Kier molecular flexibility index (Phi) is 14.8. The van der Waals surface area contributed by atoms with E-state index in [9.17, 15) is 48.6 Å². The molecule has 6 aliphatic carbocycles. The highest BCUT2D eigenvalue weighted by molar-refractivity contribution is 6.04. The fourth-order valence-electron chi connectivity index (χ4n) is 17.8. The molecule has 0 amide bonds. The summed E-state index contributed by atoms with van der Waals surface area (Å²) in [5, 5.41) is 24.8. The molecule has 2 aromatic rings. The molecule has 2 spiro atoms. The lowest BCUT2D eigenvalue weighted by Gasteiger charge is -2.67. The summed E-state index contributed by atoms with van der Waals surface area (Å²) in [5.74, 6) is -16.2. The molecule has 27 heteroatoms. The molecular formula is C65H70O27. The van der Waals surface area contributed by atoms with E-state index < -0.39 is 232 Å². The summed E-state index contributed by atoms with van der Waals surface area (Å²) in [5.41, 5.74) is -18.3. The van der Waals surface area contributed by atoms with E-state index >= 15 is 14.4 Å². The van der Waals surface area contributed by atoms with Crippen LogP contribution in [0.2, 0.25) is 0 Å². The van der Waals surface area contributed by atoms with Gasteiger partial charge in [-0.1, -0.05) is 77.9 Å². The molecule has 2 unspecified atom stereocenters. The van der Waals surface area contributed by atoms with Crippen LogP contribution in [0.4, 0.5) is 14.4 Å². The van der Waals surface area contributed by atoms with Crippen LogP contribution in [0, 0.1) is 45.3 Å². The maximum absolute atomic E-state index is 16.6. The normalized spacial score (nSPS) is 40.5.